The van der Waals surface area contributed by atoms with Crippen LogP contribution in [0.1, 0.15) is 6.92 Å². The van der Waals surface area contributed by atoms with Crippen molar-refractivity contribution in [2.24, 2.45) is 0 Å². The lowest BCUT2D eigenvalue weighted by atomic mass is 10.0. The molecule has 1 heterocycles. The van der Waals surface area contributed by atoms with Crippen molar-refractivity contribution in [3.05, 3.63) is 60.8 Å². The molecular weight excluding hydrogens is 250 g/mol. The second-order valence-corrected chi connectivity index (χ2v) is 4.49. The normalized spacial score (nSPS) is 10.7. The van der Waals surface area contributed by atoms with Gasteiger partial charge < -0.3 is 4.74 Å². The number of rotatable bonds is 2. The van der Waals surface area contributed by atoms with Crippen LogP contribution in [-0.4, -0.2) is 17.3 Å². The van der Waals surface area contributed by atoms with Crippen molar-refractivity contribution in [3.63, 3.8) is 0 Å². The third kappa shape index (κ3) is 2.07. The van der Waals surface area contributed by atoms with Crippen LogP contribution in [0.15, 0.2) is 60.8 Å². The number of carbonyl (C=O) groups excluding carboxylic acids is 1. The van der Waals surface area contributed by atoms with E-state index in [4.69, 9.17) is 4.74 Å². The highest BCUT2D eigenvalue weighted by atomic mass is 16.5. The van der Waals surface area contributed by atoms with Crippen molar-refractivity contribution >= 4 is 17.0 Å². The first-order chi connectivity index (χ1) is 9.81. The van der Waals surface area contributed by atoms with Crippen LogP contribution in [0.3, 0.4) is 0 Å². The van der Waals surface area contributed by atoms with Crippen molar-refractivity contribution in [2.75, 3.05) is 6.61 Å². The Bertz CT molecular complexity index is 744. The Morgan fingerprint density at radius 2 is 1.85 bits per heavy atom. The smallest absolute Gasteiger partial charge is 0.418 e. The van der Waals surface area contributed by atoms with Crippen LogP contribution in [-0.2, 0) is 4.74 Å². The molecule has 0 atom stereocenters. The molecule has 1 aromatic heterocycles. The minimum atomic E-state index is -0.340. The zero-order chi connectivity index (χ0) is 13.9. The molecule has 0 saturated carbocycles. The minimum Gasteiger partial charge on any atom is -0.449 e. The molecule has 2 aromatic carbocycles. The lowest BCUT2D eigenvalue weighted by molar-refractivity contribution is 0.155. The number of benzene rings is 2. The van der Waals surface area contributed by atoms with Gasteiger partial charge in [0.2, 0.25) is 0 Å². The zero-order valence-corrected chi connectivity index (χ0v) is 11.2. The third-order valence-corrected chi connectivity index (χ3v) is 3.28. The van der Waals surface area contributed by atoms with Gasteiger partial charge >= 0.3 is 6.09 Å². The molecule has 0 fully saturated rings. The first-order valence-electron chi connectivity index (χ1n) is 6.64. The Labute approximate surface area is 117 Å². The van der Waals surface area contributed by atoms with Crippen molar-refractivity contribution in [1.29, 1.82) is 0 Å². The highest BCUT2D eigenvalue weighted by molar-refractivity contribution is 5.99. The molecule has 0 radical (unpaired) electrons. The van der Waals surface area contributed by atoms with E-state index in [1.165, 1.54) is 0 Å². The summed E-state index contributed by atoms with van der Waals surface area (Å²) in [6.07, 6.45) is 1.42. The van der Waals surface area contributed by atoms with E-state index in [9.17, 15) is 4.79 Å². The predicted molar refractivity (Wildman–Crippen MR) is 79.8 cm³/mol. The molecular formula is C17H15NO2. The Hall–Kier alpha value is -2.55. The van der Waals surface area contributed by atoms with Gasteiger partial charge in [-0.1, -0.05) is 42.5 Å². The first-order valence-corrected chi connectivity index (χ1v) is 6.64. The maximum absolute atomic E-state index is 11.9. The molecule has 0 saturated heterocycles. The Balaban J connectivity index is 2.15. The SMILES string of the molecule is CCOC(=O)n1ccc2c(-c3ccccc3)cccc21. The molecule has 3 heteroatoms. The lowest BCUT2D eigenvalue weighted by Crippen LogP contribution is -2.11. The summed E-state index contributed by atoms with van der Waals surface area (Å²) in [5, 5.41) is 1.05. The van der Waals surface area contributed by atoms with E-state index in [2.05, 4.69) is 18.2 Å². The molecule has 3 aromatic rings. The van der Waals surface area contributed by atoms with Crippen LogP contribution < -0.4 is 0 Å². The third-order valence-electron chi connectivity index (χ3n) is 3.28. The number of hydrogen-bond donors (Lipinski definition) is 0. The fraction of sp³-hybridized carbons (Fsp3) is 0.118. The van der Waals surface area contributed by atoms with Gasteiger partial charge in [-0.05, 0) is 30.2 Å². The molecule has 0 aliphatic heterocycles. The Morgan fingerprint density at radius 1 is 1.05 bits per heavy atom. The van der Waals surface area contributed by atoms with Crippen molar-refractivity contribution in [1.82, 2.24) is 4.57 Å². The van der Waals surface area contributed by atoms with E-state index in [1.54, 1.807) is 17.7 Å². The summed E-state index contributed by atoms with van der Waals surface area (Å²) in [6, 6.07) is 18.0. The molecule has 0 spiro atoms. The summed E-state index contributed by atoms with van der Waals surface area (Å²) in [5.74, 6) is 0. The van der Waals surface area contributed by atoms with Gasteiger partial charge in [0.05, 0.1) is 12.1 Å². The van der Waals surface area contributed by atoms with E-state index in [-0.39, 0.29) is 6.09 Å². The van der Waals surface area contributed by atoms with Gasteiger partial charge in [0.25, 0.3) is 0 Å². The van der Waals surface area contributed by atoms with Crippen molar-refractivity contribution in [2.45, 2.75) is 6.92 Å². The van der Waals surface area contributed by atoms with Gasteiger partial charge in [-0.3, -0.25) is 4.57 Å². The molecule has 3 rings (SSSR count). The van der Waals surface area contributed by atoms with Gasteiger partial charge in [0.15, 0.2) is 0 Å². The summed E-state index contributed by atoms with van der Waals surface area (Å²) in [4.78, 5) is 11.9. The quantitative estimate of drug-likeness (QED) is 0.691. The minimum absolute atomic E-state index is 0.340. The van der Waals surface area contributed by atoms with Crippen LogP contribution >= 0.6 is 0 Å². The molecule has 0 bridgehead atoms. The molecule has 0 N–H and O–H groups in total. The lowest BCUT2D eigenvalue weighted by Gasteiger charge is -2.06. The van der Waals surface area contributed by atoms with Gasteiger partial charge in [-0.15, -0.1) is 0 Å². The first kappa shape index (κ1) is 12.5. The van der Waals surface area contributed by atoms with Crippen LogP contribution in [0.5, 0.6) is 0 Å². The number of carbonyl (C=O) groups is 1. The predicted octanol–water partition coefficient (Wildman–Crippen LogP) is 4.31. The highest BCUT2D eigenvalue weighted by Gasteiger charge is 2.12. The highest BCUT2D eigenvalue weighted by Crippen LogP contribution is 2.29. The average molecular weight is 265 g/mol. The second-order valence-electron chi connectivity index (χ2n) is 4.49. The average Bonchev–Trinajstić information content (AvgIpc) is 2.92. The van der Waals surface area contributed by atoms with Crippen molar-refractivity contribution in [3.8, 4) is 11.1 Å². The summed E-state index contributed by atoms with van der Waals surface area (Å²) >= 11 is 0. The van der Waals surface area contributed by atoms with E-state index in [1.807, 2.05) is 36.4 Å². The fourth-order valence-electron chi connectivity index (χ4n) is 2.39. The van der Waals surface area contributed by atoms with Gasteiger partial charge in [-0.25, -0.2) is 4.79 Å². The molecule has 0 amide bonds. The standard InChI is InChI=1S/C17H15NO2/c1-2-20-17(19)18-12-11-15-14(9-6-10-16(15)18)13-7-4-3-5-8-13/h3-12H,2H2,1H3. The zero-order valence-electron chi connectivity index (χ0n) is 11.2. The largest absolute Gasteiger partial charge is 0.449 e. The topological polar surface area (TPSA) is 31.2 Å². The fourth-order valence-corrected chi connectivity index (χ4v) is 2.39. The van der Waals surface area contributed by atoms with Crippen LogP contribution in [0.4, 0.5) is 4.79 Å². The number of hydrogen-bond acceptors (Lipinski definition) is 2. The molecule has 0 aliphatic rings. The second kappa shape index (κ2) is 5.21. The van der Waals surface area contributed by atoms with Gasteiger partial charge in [0.1, 0.15) is 0 Å². The molecule has 0 aliphatic carbocycles. The number of ether oxygens (including phenoxy) is 1. The van der Waals surface area contributed by atoms with E-state index in [0.29, 0.717) is 6.61 Å². The number of nitrogens with zero attached hydrogens (tertiary/aromatic N) is 1. The van der Waals surface area contributed by atoms with Crippen LogP contribution in [0, 0.1) is 0 Å². The Morgan fingerprint density at radius 3 is 2.60 bits per heavy atom. The van der Waals surface area contributed by atoms with Gasteiger partial charge in [-0.2, -0.15) is 0 Å². The molecule has 20 heavy (non-hydrogen) atoms. The van der Waals surface area contributed by atoms with E-state index >= 15 is 0 Å². The Kier molecular flexibility index (Phi) is 3.25. The summed E-state index contributed by atoms with van der Waals surface area (Å²) in [7, 11) is 0. The summed E-state index contributed by atoms with van der Waals surface area (Å²) < 4.78 is 6.61. The van der Waals surface area contributed by atoms with Crippen LogP contribution in [0.25, 0.3) is 22.0 Å². The molecule has 100 valence electrons. The van der Waals surface area contributed by atoms with Crippen molar-refractivity contribution < 1.29 is 9.53 Å². The molecule has 3 nitrogen and oxygen atoms in total. The van der Waals surface area contributed by atoms with E-state index < -0.39 is 0 Å². The maximum Gasteiger partial charge on any atom is 0.418 e. The van der Waals surface area contributed by atoms with Gasteiger partial charge in [0, 0.05) is 11.6 Å². The van der Waals surface area contributed by atoms with Crippen LogP contribution in [0.2, 0.25) is 0 Å². The monoisotopic (exact) mass is 265 g/mol. The maximum atomic E-state index is 11.9. The number of fused-ring (bicyclic) bond motifs is 1. The van der Waals surface area contributed by atoms with E-state index in [0.717, 1.165) is 22.0 Å². The molecule has 0 unspecified atom stereocenters. The summed E-state index contributed by atoms with van der Waals surface area (Å²) in [6.45, 7) is 2.18. The summed E-state index contributed by atoms with van der Waals surface area (Å²) in [5.41, 5.74) is 3.12. The number of aromatic nitrogens is 1.